The van der Waals surface area contributed by atoms with Crippen molar-refractivity contribution < 1.29 is 26.3 Å². The van der Waals surface area contributed by atoms with Crippen LogP contribution in [0.4, 0.5) is 11.4 Å². The molecule has 0 aromatic heterocycles. The highest BCUT2D eigenvalue weighted by atomic mass is 32.2. The van der Waals surface area contributed by atoms with E-state index in [9.17, 15) is 16.8 Å². The molecule has 0 unspecified atom stereocenters. The maximum Gasteiger partial charge on any atom is 0.261 e. The standard InChI is InChI=1S/2C16H19NO3S/c2*1-11-9-12(2)16(13(3)10-11)17-21(18,19)15-7-5-14(20-4)6-8-15/h2*5-10,17H,1-4H3. The third kappa shape index (κ3) is 8.04. The van der Waals surface area contributed by atoms with E-state index in [0.717, 1.165) is 33.4 Å². The van der Waals surface area contributed by atoms with Gasteiger partial charge in [0.1, 0.15) is 11.5 Å². The van der Waals surface area contributed by atoms with Gasteiger partial charge < -0.3 is 9.47 Å². The first-order valence-corrected chi connectivity index (χ1v) is 16.1. The van der Waals surface area contributed by atoms with Gasteiger partial charge >= 0.3 is 0 Å². The highest BCUT2D eigenvalue weighted by Crippen LogP contribution is 2.27. The largest absolute Gasteiger partial charge is 0.497 e. The van der Waals surface area contributed by atoms with E-state index in [1.54, 1.807) is 38.5 Å². The van der Waals surface area contributed by atoms with Crippen molar-refractivity contribution in [3.8, 4) is 11.5 Å². The fraction of sp³-hybridized carbons (Fsp3) is 0.250. The highest BCUT2D eigenvalue weighted by molar-refractivity contribution is 7.93. The molecule has 42 heavy (non-hydrogen) atoms. The number of hydrogen-bond acceptors (Lipinski definition) is 6. The van der Waals surface area contributed by atoms with Crippen LogP contribution in [0.5, 0.6) is 11.5 Å². The number of hydrogen-bond donors (Lipinski definition) is 2. The first-order valence-electron chi connectivity index (χ1n) is 13.2. The molecule has 0 atom stereocenters. The lowest BCUT2D eigenvalue weighted by atomic mass is 10.1. The van der Waals surface area contributed by atoms with Gasteiger partial charge in [0.15, 0.2) is 0 Å². The van der Waals surface area contributed by atoms with Crippen LogP contribution in [-0.2, 0) is 20.0 Å². The molecule has 0 bridgehead atoms. The summed E-state index contributed by atoms with van der Waals surface area (Å²) in [5.74, 6) is 1.24. The first-order chi connectivity index (χ1) is 19.7. The van der Waals surface area contributed by atoms with E-state index in [2.05, 4.69) is 9.44 Å². The molecule has 224 valence electrons. The molecule has 0 aliphatic rings. The molecule has 0 amide bonds. The molecule has 0 fully saturated rings. The molecule has 2 N–H and O–H groups in total. The van der Waals surface area contributed by atoms with Gasteiger partial charge in [-0.3, -0.25) is 9.44 Å². The summed E-state index contributed by atoms with van der Waals surface area (Å²) < 4.78 is 65.2. The molecule has 0 aliphatic carbocycles. The lowest BCUT2D eigenvalue weighted by molar-refractivity contribution is 0.414. The molecule has 10 heteroatoms. The fourth-order valence-electron chi connectivity index (χ4n) is 4.58. The molecular weight excluding hydrogens is 572 g/mol. The van der Waals surface area contributed by atoms with E-state index in [-0.39, 0.29) is 9.79 Å². The Kier molecular flexibility index (Phi) is 10.3. The van der Waals surface area contributed by atoms with Crippen LogP contribution in [0.1, 0.15) is 33.4 Å². The zero-order chi connectivity index (χ0) is 31.2. The Labute approximate surface area is 249 Å². The van der Waals surface area contributed by atoms with Gasteiger partial charge in [-0.25, -0.2) is 16.8 Å². The van der Waals surface area contributed by atoms with Gasteiger partial charge in [-0.05, 0) is 112 Å². The smallest absolute Gasteiger partial charge is 0.261 e. The van der Waals surface area contributed by atoms with Gasteiger partial charge in [0.2, 0.25) is 0 Å². The van der Waals surface area contributed by atoms with E-state index < -0.39 is 20.0 Å². The summed E-state index contributed by atoms with van der Waals surface area (Å²) in [6, 6.07) is 20.5. The maximum atomic E-state index is 12.4. The van der Waals surface area contributed by atoms with Crippen molar-refractivity contribution in [3.05, 3.63) is 106 Å². The van der Waals surface area contributed by atoms with Crippen LogP contribution in [0.15, 0.2) is 82.6 Å². The molecule has 0 heterocycles. The van der Waals surface area contributed by atoms with Gasteiger partial charge in [-0.15, -0.1) is 0 Å². The second kappa shape index (κ2) is 13.3. The molecule has 4 rings (SSSR count). The number of ether oxygens (including phenoxy) is 2. The summed E-state index contributed by atoms with van der Waals surface area (Å²) in [6.07, 6.45) is 0. The van der Waals surface area contributed by atoms with Gasteiger partial charge in [0.25, 0.3) is 20.0 Å². The predicted molar refractivity (Wildman–Crippen MR) is 169 cm³/mol. The molecule has 8 nitrogen and oxygen atoms in total. The Hall–Kier alpha value is -4.02. The van der Waals surface area contributed by atoms with Crippen molar-refractivity contribution in [1.82, 2.24) is 0 Å². The quantitative estimate of drug-likeness (QED) is 0.226. The second-order valence-corrected chi connectivity index (χ2v) is 13.5. The monoisotopic (exact) mass is 610 g/mol. The van der Waals surface area contributed by atoms with Crippen LogP contribution >= 0.6 is 0 Å². The Morgan fingerprint density at radius 3 is 0.976 bits per heavy atom. The number of methoxy groups -OCH3 is 2. The Balaban J connectivity index is 0.000000230. The average molecular weight is 611 g/mol. The van der Waals surface area contributed by atoms with Gasteiger partial charge in [-0.2, -0.15) is 0 Å². The lowest BCUT2D eigenvalue weighted by Gasteiger charge is -2.14. The molecule has 0 radical (unpaired) electrons. The van der Waals surface area contributed by atoms with Crippen LogP contribution in [0, 0.1) is 41.5 Å². The average Bonchev–Trinajstić information content (AvgIpc) is 2.93. The number of benzene rings is 4. The fourth-order valence-corrected chi connectivity index (χ4v) is 6.98. The lowest BCUT2D eigenvalue weighted by Crippen LogP contribution is -2.14. The van der Waals surface area contributed by atoms with Crippen molar-refractivity contribution in [3.63, 3.8) is 0 Å². The summed E-state index contributed by atoms with van der Waals surface area (Å²) in [4.78, 5) is 0.422. The van der Waals surface area contributed by atoms with Crippen molar-refractivity contribution in [2.75, 3.05) is 23.7 Å². The van der Waals surface area contributed by atoms with Crippen molar-refractivity contribution in [1.29, 1.82) is 0 Å². The summed E-state index contributed by atoms with van der Waals surface area (Å²) in [5.41, 5.74) is 7.12. The molecule has 0 spiro atoms. The number of rotatable bonds is 8. The van der Waals surface area contributed by atoms with Crippen LogP contribution in [0.2, 0.25) is 0 Å². The second-order valence-electron chi connectivity index (χ2n) is 10.1. The van der Waals surface area contributed by atoms with E-state index in [1.807, 2.05) is 65.8 Å². The van der Waals surface area contributed by atoms with E-state index in [0.29, 0.717) is 22.9 Å². The number of anilines is 2. The van der Waals surface area contributed by atoms with E-state index in [1.165, 1.54) is 24.3 Å². The summed E-state index contributed by atoms with van der Waals surface area (Å²) in [5, 5.41) is 0. The first kappa shape index (κ1) is 32.5. The van der Waals surface area contributed by atoms with Crippen LogP contribution in [0.25, 0.3) is 0 Å². The third-order valence-corrected chi connectivity index (χ3v) is 9.30. The maximum absolute atomic E-state index is 12.4. The summed E-state index contributed by atoms with van der Waals surface area (Å²) >= 11 is 0. The summed E-state index contributed by atoms with van der Waals surface area (Å²) in [6.45, 7) is 11.6. The SMILES string of the molecule is COc1ccc(S(=O)(=O)Nc2c(C)cc(C)cc2C)cc1.COc1ccc(S(=O)(=O)Nc2c(C)cc(C)cc2C)cc1. The molecule has 0 saturated heterocycles. The number of nitrogens with one attached hydrogen (secondary N) is 2. The molecule has 4 aromatic rings. The number of sulfonamides is 2. The Morgan fingerprint density at radius 2 is 0.738 bits per heavy atom. The summed E-state index contributed by atoms with van der Waals surface area (Å²) in [7, 11) is -4.12. The van der Waals surface area contributed by atoms with E-state index in [4.69, 9.17) is 9.47 Å². The van der Waals surface area contributed by atoms with Crippen molar-refractivity contribution in [2.24, 2.45) is 0 Å². The van der Waals surface area contributed by atoms with Gasteiger partial charge in [0, 0.05) is 0 Å². The topological polar surface area (TPSA) is 111 Å². The number of aryl methyl sites for hydroxylation is 6. The normalized spacial score (nSPS) is 11.2. The van der Waals surface area contributed by atoms with Gasteiger partial charge in [0.05, 0.1) is 35.4 Å². The molecular formula is C32H38N2O6S2. The van der Waals surface area contributed by atoms with Crippen LogP contribution in [0.3, 0.4) is 0 Å². The third-order valence-electron chi connectivity index (χ3n) is 6.57. The zero-order valence-corrected chi connectivity index (χ0v) is 26.8. The minimum Gasteiger partial charge on any atom is -0.497 e. The van der Waals surface area contributed by atoms with Crippen LogP contribution < -0.4 is 18.9 Å². The Bertz CT molecular complexity index is 1590. The zero-order valence-electron chi connectivity index (χ0n) is 25.2. The molecule has 0 aliphatic heterocycles. The van der Waals surface area contributed by atoms with Gasteiger partial charge in [-0.1, -0.05) is 35.4 Å². The van der Waals surface area contributed by atoms with Crippen LogP contribution in [-0.4, -0.2) is 31.1 Å². The highest BCUT2D eigenvalue weighted by Gasteiger charge is 2.18. The minimum atomic E-state index is -3.60. The minimum absolute atomic E-state index is 0.211. The van der Waals surface area contributed by atoms with Crippen molar-refractivity contribution >= 4 is 31.4 Å². The Morgan fingerprint density at radius 1 is 0.476 bits per heavy atom. The molecule has 0 saturated carbocycles. The molecule has 4 aromatic carbocycles. The predicted octanol–water partition coefficient (Wildman–Crippen LogP) is 6.84. The van der Waals surface area contributed by atoms with Crippen molar-refractivity contribution in [2.45, 2.75) is 51.3 Å². The van der Waals surface area contributed by atoms with E-state index >= 15 is 0 Å².